The molecule has 1 saturated heterocycles. The largest absolute Gasteiger partial charge is 0.462 e. The summed E-state index contributed by atoms with van der Waals surface area (Å²) < 4.78 is 18.2. The average Bonchev–Trinajstić information content (AvgIpc) is 3.39. The monoisotopic (exact) mass is 1140 g/mol. The van der Waals surface area contributed by atoms with Crippen molar-refractivity contribution >= 4 is 17.9 Å². The van der Waals surface area contributed by atoms with Crippen LogP contribution >= 0.6 is 0 Å². The Balaban J connectivity index is 2.44. The van der Waals surface area contributed by atoms with Gasteiger partial charge in [0.2, 0.25) is 0 Å². The summed E-state index contributed by atoms with van der Waals surface area (Å²) in [5.74, 6) is -4.18. The lowest BCUT2D eigenvalue weighted by Gasteiger charge is -2.45. The fourth-order valence-electron chi connectivity index (χ4n) is 10.3. The minimum Gasteiger partial charge on any atom is -0.462 e. The number of aliphatic hydroxyl groups excluding tert-OH is 9. The van der Waals surface area contributed by atoms with Gasteiger partial charge < -0.3 is 75.9 Å². The molecule has 0 radical (unpaired) electrons. The normalized spacial score (nSPS) is 36.8. The molecule has 0 saturated carbocycles. The number of allylic oxidation sites excluding steroid dienone is 6. The highest BCUT2D eigenvalue weighted by Crippen LogP contribution is 2.36. The quantitative estimate of drug-likeness (QED) is 0.0279. The van der Waals surface area contributed by atoms with E-state index in [1.54, 1.807) is 72.0 Å². The van der Waals surface area contributed by atoms with E-state index < -0.39 is 115 Å². The van der Waals surface area contributed by atoms with Gasteiger partial charge in [0.1, 0.15) is 18.3 Å². The van der Waals surface area contributed by atoms with Crippen molar-refractivity contribution in [1.82, 2.24) is 10.6 Å². The van der Waals surface area contributed by atoms with Crippen molar-refractivity contribution in [3.8, 4) is 0 Å². The van der Waals surface area contributed by atoms with Crippen molar-refractivity contribution in [3.05, 3.63) is 59.8 Å². The van der Waals surface area contributed by atoms with Crippen molar-refractivity contribution in [2.24, 2.45) is 40.5 Å². The Hall–Kier alpha value is -3.53. The number of ether oxygens (including phenoxy) is 3. The van der Waals surface area contributed by atoms with Gasteiger partial charge in [-0.05, 0) is 95.0 Å². The Morgan fingerprint density at radius 2 is 1.41 bits per heavy atom. The summed E-state index contributed by atoms with van der Waals surface area (Å²) in [7, 11) is 3.55. The van der Waals surface area contributed by atoms with Crippen LogP contribution in [0.15, 0.2) is 64.7 Å². The number of carbonyl (C=O) groups is 2. The number of carbonyl (C=O) groups excluding carboxylic acids is 2. The first-order valence-electron chi connectivity index (χ1n) is 29.9. The summed E-state index contributed by atoms with van der Waals surface area (Å²) in [6.45, 7) is 17.5. The molecule has 462 valence electrons. The Morgan fingerprint density at radius 3 is 2.08 bits per heavy atom. The zero-order valence-corrected chi connectivity index (χ0v) is 50.4. The number of aliphatic hydroxyl groups is 10. The van der Waals surface area contributed by atoms with Gasteiger partial charge >= 0.3 is 11.9 Å². The molecule has 18 nitrogen and oxygen atoms in total. The molecule has 2 aliphatic heterocycles. The highest BCUT2D eigenvalue weighted by Gasteiger charge is 2.50. The molecule has 2 bridgehead atoms. The Labute approximate surface area is 479 Å². The number of hydrogen-bond acceptors (Lipinski definition) is 16. The average molecular weight is 1140 g/mol. The van der Waals surface area contributed by atoms with Gasteiger partial charge in [0.15, 0.2) is 11.7 Å². The molecule has 2 rings (SSSR count). The van der Waals surface area contributed by atoms with Gasteiger partial charge in [0.25, 0.3) is 0 Å². The second kappa shape index (κ2) is 38.3. The summed E-state index contributed by atoms with van der Waals surface area (Å²) in [4.78, 5) is 31.0. The van der Waals surface area contributed by atoms with Gasteiger partial charge in [-0.25, -0.2) is 4.79 Å². The lowest BCUT2D eigenvalue weighted by atomic mass is 9.84. The molecule has 12 N–H and O–H groups in total. The number of cyclic esters (lactones) is 1. The second-order valence-electron chi connectivity index (χ2n) is 23.9. The van der Waals surface area contributed by atoms with E-state index in [2.05, 4.69) is 48.5 Å². The van der Waals surface area contributed by atoms with Crippen LogP contribution in [0, 0.1) is 35.5 Å². The van der Waals surface area contributed by atoms with E-state index in [-0.39, 0.29) is 69.6 Å². The zero-order valence-electron chi connectivity index (χ0n) is 50.4. The van der Waals surface area contributed by atoms with E-state index in [9.17, 15) is 60.7 Å². The predicted molar refractivity (Wildman–Crippen MR) is 313 cm³/mol. The molecule has 0 aromatic rings. The third-order valence-electron chi connectivity index (χ3n) is 16.1. The molecule has 2 heterocycles. The van der Waals surface area contributed by atoms with Crippen LogP contribution in [-0.2, 0) is 23.8 Å². The summed E-state index contributed by atoms with van der Waals surface area (Å²) in [6, 6.07) is 0. The number of unbranched alkanes of at least 4 members (excludes halogenated alkanes) is 3. The summed E-state index contributed by atoms with van der Waals surface area (Å²) >= 11 is 0. The maximum absolute atomic E-state index is 13.7. The number of nitrogens with one attached hydrogen (secondary N) is 2. The van der Waals surface area contributed by atoms with Crippen LogP contribution in [0.2, 0.25) is 0 Å². The summed E-state index contributed by atoms with van der Waals surface area (Å²) in [5, 5.41) is 119. The standard InChI is InChI=1S/C62H109N3O15/c1-39(2)22-17-18-28-57(74)78-49-33-47(66)32-48(67)34-52(69)40(3)24-20-26-44(7)58(43(6)23-16-14-12-13-15-19-31-65-61(63-10)64-11)79-60(76)45(8)27-21-25-41(4)53(70)37-54(71)46(9)51(68)30-29-42(5)56(73)38-62(77)59(75)55(72)36-50(35-49)80-62/h12-13,20-21,24-27,39,41-44,46-56,58-59,66-73,75,77H,14-19,22-23,28-38H2,1-11H3,(H2,63,64,65)/b13-12+,25-21+,26-20+,40-24+,45-27+/t41-,42-,43-,44+,46-,47+,48+,49-,50-,51+,52-,53-,54-,55+,56-,58-,59-,62+/m0/s1. The number of rotatable bonds is 15. The van der Waals surface area contributed by atoms with Crippen LogP contribution in [0.4, 0.5) is 0 Å². The van der Waals surface area contributed by atoms with Crippen molar-refractivity contribution in [1.29, 1.82) is 0 Å². The van der Waals surface area contributed by atoms with Crippen molar-refractivity contribution < 1.29 is 74.9 Å². The number of aliphatic imine (C=N–C) groups is 1. The van der Waals surface area contributed by atoms with Crippen LogP contribution in [0.3, 0.4) is 0 Å². The number of hydrogen-bond donors (Lipinski definition) is 12. The molecule has 0 amide bonds. The molecule has 0 aliphatic carbocycles. The first-order chi connectivity index (χ1) is 37.7. The second-order valence-corrected chi connectivity index (χ2v) is 23.9. The molecule has 0 aromatic heterocycles. The van der Waals surface area contributed by atoms with Crippen molar-refractivity contribution in [2.45, 2.75) is 257 Å². The van der Waals surface area contributed by atoms with Crippen LogP contribution in [0.5, 0.6) is 0 Å². The first-order valence-corrected chi connectivity index (χ1v) is 29.9. The third kappa shape index (κ3) is 27.7. The van der Waals surface area contributed by atoms with Crippen LogP contribution in [0.25, 0.3) is 0 Å². The van der Waals surface area contributed by atoms with Gasteiger partial charge in [-0.1, -0.05) is 110 Å². The molecular formula is C62H109N3O15. The lowest BCUT2D eigenvalue weighted by Crippen LogP contribution is -2.60. The van der Waals surface area contributed by atoms with E-state index in [1.807, 2.05) is 20.0 Å². The Kier molecular flexibility index (Phi) is 34.8. The molecule has 80 heavy (non-hydrogen) atoms. The molecule has 2 aliphatic rings. The maximum atomic E-state index is 13.7. The minimum atomic E-state index is -2.43. The van der Waals surface area contributed by atoms with E-state index in [0.29, 0.717) is 23.5 Å². The van der Waals surface area contributed by atoms with Crippen molar-refractivity contribution in [3.63, 3.8) is 0 Å². The van der Waals surface area contributed by atoms with E-state index >= 15 is 0 Å². The summed E-state index contributed by atoms with van der Waals surface area (Å²) in [5.41, 5.74) is 0.890. The lowest BCUT2D eigenvalue weighted by molar-refractivity contribution is -0.333. The topological polar surface area (TPSA) is 301 Å². The zero-order chi connectivity index (χ0) is 60.1. The smallest absolute Gasteiger partial charge is 0.334 e. The fraction of sp³-hybridized carbons (Fsp3) is 0.790. The van der Waals surface area contributed by atoms with Gasteiger partial charge in [0, 0.05) is 88.9 Å². The highest BCUT2D eigenvalue weighted by atomic mass is 16.7. The van der Waals surface area contributed by atoms with E-state index in [0.717, 1.165) is 57.5 Å². The third-order valence-corrected chi connectivity index (χ3v) is 16.1. The molecule has 0 unspecified atom stereocenters. The van der Waals surface area contributed by atoms with Crippen LogP contribution in [0.1, 0.15) is 178 Å². The molecule has 18 heteroatoms. The Morgan fingerprint density at radius 1 is 0.762 bits per heavy atom. The molecule has 0 spiro atoms. The SMILES string of the molecule is CN=C(NC)NCCC/C=C/CCC[C@H](C)[C@@H]1OC(=O)/C(C)=C/C=C/[C@H](C)[C@@H](O)C[C@H](O)[C@@H](C)[C@H](O)CC[C@H](C)[C@@H](O)C[C@@]2(O)O[C@@H](C[C@@H](OC(=O)CCCCC(C)C)C[C@H](O)C[C@@H](O)C[C@H](O)/C(C)=C/C=C/[C@H]1C)C[C@@H](O)[C@@H]2O. The van der Waals surface area contributed by atoms with Gasteiger partial charge in [-0.3, -0.25) is 9.79 Å². The number of guanidine groups is 1. The Bertz CT molecular complexity index is 1940. The van der Waals surface area contributed by atoms with E-state index in [1.165, 1.54) is 0 Å². The molecule has 0 aromatic carbocycles. The number of nitrogens with zero attached hydrogens (tertiary/aromatic N) is 1. The minimum absolute atomic E-state index is 0.0323. The van der Waals surface area contributed by atoms with E-state index in [4.69, 9.17) is 14.2 Å². The maximum Gasteiger partial charge on any atom is 0.334 e. The molecular weight excluding hydrogens is 1030 g/mol. The first kappa shape index (κ1) is 72.6. The molecule has 1 fully saturated rings. The predicted octanol–water partition coefficient (Wildman–Crippen LogP) is 6.37. The van der Waals surface area contributed by atoms with Crippen LogP contribution in [-0.4, -0.2) is 169 Å². The molecule has 18 atom stereocenters. The highest BCUT2D eigenvalue weighted by molar-refractivity contribution is 5.88. The fourth-order valence-corrected chi connectivity index (χ4v) is 10.3. The van der Waals surface area contributed by atoms with Gasteiger partial charge in [-0.15, -0.1) is 0 Å². The number of fused-ring (bicyclic) bond motifs is 2. The van der Waals surface area contributed by atoms with Crippen molar-refractivity contribution in [2.75, 3.05) is 20.6 Å². The number of esters is 2. The van der Waals surface area contributed by atoms with Gasteiger partial charge in [0.05, 0.1) is 54.9 Å². The van der Waals surface area contributed by atoms with Gasteiger partial charge in [-0.2, -0.15) is 0 Å². The summed E-state index contributed by atoms with van der Waals surface area (Å²) in [6.07, 6.45) is 7.07. The van der Waals surface area contributed by atoms with Crippen LogP contribution < -0.4 is 10.6 Å².